The van der Waals surface area contributed by atoms with E-state index in [2.05, 4.69) is 33.9 Å². The molecule has 4 heteroatoms. The Hall–Kier alpha value is -0.353. The quantitative estimate of drug-likeness (QED) is 0.755. The van der Waals surface area contributed by atoms with Gasteiger partial charge in [0.15, 0.2) is 8.32 Å². The predicted molar refractivity (Wildman–Crippen MR) is 69.2 cm³/mol. The van der Waals surface area contributed by atoms with Crippen LogP contribution < -0.4 is 0 Å². The second-order valence-corrected chi connectivity index (χ2v) is 10.8. The average Bonchev–Trinajstić information content (AvgIpc) is 2.10. The second kappa shape index (κ2) is 5.32. The molecule has 0 bridgehead atoms. The SMILES string of the molecule is CC[C@H](C)[C@@H](O[Si](C)(C)C(C)(C)C)C(=O)O. The van der Waals surface area contributed by atoms with Crippen LogP contribution in [-0.2, 0) is 9.22 Å². The summed E-state index contributed by atoms with van der Waals surface area (Å²) in [6.07, 6.45) is 0.164. The van der Waals surface area contributed by atoms with Gasteiger partial charge in [-0.2, -0.15) is 0 Å². The second-order valence-electron chi connectivity index (χ2n) is 6.02. The molecular formula is C12H26O3Si. The third-order valence-electron chi connectivity index (χ3n) is 3.63. The molecule has 0 aliphatic rings. The molecule has 0 aromatic carbocycles. The summed E-state index contributed by atoms with van der Waals surface area (Å²) in [7, 11) is -1.99. The van der Waals surface area contributed by atoms with Crippen LogP contribution in [0.2, 0.25) is 18.1 Å². The van der Waals surface area contributed by atoms with Crippen LogP contribution in [0.15, 0.2) is 0 Å². The molecule has 0 saturated carbocycles. The number of rotatable bonds is 5. The van der Waals surface area contributed by atoms with Crippen molar-refractivity contribution in [1.82, 2.24) is 0 Å². The van der Waals surface area contributed by atoms with E-state index < -0.39 is 20.4 Å². The zero-order valence-electron chi connectivity index (χ0n) is 11.6. The van der Waals surface area contributed by atoms with Gasteiger partial charge in [0.1, 0.15) is 6.10 Å². The molecule has 0 aromatic rings. The highest BCUT2D eigenvalue weighted by molar-refractivity contribution is 6.74. The van der Waals surface area contributed by atoms with E-state index in [1.807, 2.05) is 13.8 Å². The molecule has 1 N–H and O–H groups in total. The molecule has 0 rings (SSSR count). The summed E-state index contributed by atoms with van der Waals surface area (Å²) in [5.74, 6) is -0.772. The molecule has 0 aliphatic heterocycles. The molecule has 2 atom stereocenters. The Morgan fingerprint density at radius 1 is 1.38 bits per heavy atom. The number of carboxylic acid groups (broad SMARTS) is 1. The Morgan fingerprint density at radius 2 is 1.81 bits per heavy atom. The van der Waals surface area contributed by atoms with E-state index in [1.165, 1.54) is 0 Å². The fourth-order valence-corrected chi connectivity index (χ4v) is 2.44. The Labute approximate surface area is 100 Å². The molecule has 0 radical (unpaired) electrons. The highest BCUT2D eigenvalue weighted by atomic mass is 28.4. The van der Waals surface area contributed by atoms with E-state index in [0.29, 0.717) is 0 Å². The van der Waals surface area contributed by atoms with Gasteiger partial charge in [0, 0.05) is 0 Å². The highest BCUT2D eigenvalue weighted by Gasteiger charge is 2.41. The molecule has 16 heavy (non-hydrogen) atoms. The number of carbonyl (C=O) groups is 1. The van der Waals surface area contributed by atoms with Gasteiger partial charge in [0.05, 0.1) is 0 Å². The Morgan fingerprint density at radius 3 is 2.06 bits per heavy atom. The summed E-state index contributed by atoms with van der Waals surface area (Å²) in [6.45, 7) is 14.5. The van der Waals surface area contributed by atoms with Gasteiger partial charge in [-0.05, 0) is 24.1 Å². The fraction of sp³-hybridized carbons (Fsp3) is 0.917. The van der Waals surface area contributed by atoms with E-state index in [9.17, 15) is 9.90 Å². The highest BCUT2D eigenvalue weighted by Crippen LogP contribution is 2.38. The minimum atomic E-state index is -1.99. The van der Waals surface area contributed by atoms with Gasteiger partial charge in [0.2, 0.25) is 0 Å². The van der Waals surface area contributed by atoms with E-state index in [1.54, 1.807) is 0 Å². The fourth-order valence-electron chi connectivity index (χ4n) is 1.12. The van der Waals surface area contributed by atoms with Gasteiger partial charge in [-0.15, -0.1) is 0 Å². The first-order valence-electron chi connectivity index (χ1n) is 5.93. The number of carboxylic acids is 1. The zero-order valence-corrected chi connectivity index (χ0v) is 12.6. The maximum absolute atomic E-state index is 11.2. The Kier molecular flexibility index (Phi) is 5.20. The van der Waals surface area contributed by atoms with Crippen molar-refractivity contribution in [3.05, 3.63) is 0 Å². The van der Waals surface area contributed by atoms with E-state index in [0.717, 1.165) is 6.42 Å². The third-order valence-corrected chi connectivity index (χ3v) is 8.09. The van der Waals surface area contributed by atoms with Crippen molar-refractivity contribution >= 4 is 14.3 Å². The van der Waals surface area contributed by atoms with Gasteiger partial charge < -0.3 is 9.53 Å². The monoisotopic (exact) mass is 246 g/mol. The zero-order chi connectivity index (χ0) is 13.1. The van der Waals surface area contributed by atoms with Crippen molar-refractivity contribution in [1.29, 1.82) is 0 Å². The van der Waals surface area contributed by atoms with Crippen LogP contribution in [-0.4, -0.2) is 25.5 Å². The van der Waals surface area contributed by atoms with Crippen LogP contribution >= 0.6 is 0 Å². The largest absolute Gasteiger partial charge is 0.479 e. The summed E-state index contributed by atoms with van der Waals surface area (Å²) in [4.78, 5) is 11.2. The summed E-state index contributed by atoms with van der Waals surface area (Å²) < 4.78 is 5.96. The Bertz CT molecular complexity index is 243. The number of aliphatic carboxylic acids is 1. The van der Waals surface area contributed by atoms with E-state index >= 15 is 0 Å². The summed E-state index contributed by atoms with van der Waals surface area (Å²) in [5.41, 5.74) is 0. The standard InChI is InChI=1S/C12H26O3Si/c1-8-9(2)10(11(13)14)15-16(6,7)12(3,4)5/h9-10H,8H2,1-7H3,(H,13,14)/t9-,10+/m0/s1. The average molecular weight is 246 g/mol. The predicted octanol–water partition coefficient (Wildman–Crippen LogP) is 3.51. The first-order chi connectivity index (χ1) is 7.03. The number of hydrogen-bond donors (Lipinski definition) is 1. The molecule has 0 aliphatic carbocycles. The van der Waals surface area contributed by atoms with Crippen molar-refractivity contribution in [2.24, 2.45) is 5.92 Å². The van der Waals surface area contributed by atoms with E-state index in [4.69, 9.17) is 4.43 Å². The molecule has 0 saturated heterocycles. The van der Waals surface area contributed by atoms with Crippen molar-refractivity contribution in [2.75, 3.05) is 0 Å². The first kappa shape index (κ1) is 15.6. The van der Waals surface area contributed by atoms with E-state index in [-0.39, 0.29) is 11.0 Å². The Balaban J connectivity index is 4.83. The van der Waals surface area contributed by atoms with Crippen LogP contribution in [0.5, 0.6) is 0 Å². The number of hydrogen-bond acceptors (Lipinski definition) is 2. The topological polar surface area (TPSA) is 46.5 Å². The van der Waals surface area contributed by atoms with Gasteiger partial charge in [-0.25, -0.2) is 4.79 Å². The van der Waals surface area contributed by atoms with Crippen molar-refractivity contribution in [3.8, 4) is 0 Å². The van der Waals surface area contributed by atoms with Crippen LogP contribution in [0.25, 0.3) is 0 Å². The summed E-state index contributed by atoms with van der Waals surface area (Å²) in [5, 5.41) is 9.25. The molecule has 96 valence electrons. The molecular weight excluding hydrogens is 220 g/mol. The van der Waals surface area contributed by atoms with Gasteiger partial charge in [0.25, 0.3) is 0 Å². The molecule has 0 heterocycles. The van der Waals surface area contributed by atoms with Gasteiger partial charge in [-0.3, -0.25) is 0 Å². The van der Waals surface area contributed by atoms with Crippen molar-refractivity contribution in [2.45, 2.75) is 65.3 Å². The minimum Gasteiger partial charge on any atom is -0.479 e. The van der Waals surface area contributed by atoms with Crippen LogP contribution in [0, 0.1) is 5.92 Å². The maximum atomic E-state index is 11.2. The van der Waals surface area contributed by atoms with Crippen molar-refractivity contribution in [3.63, 3.8) is 0 Å². The molecule has 0 amide bonds. The normalized spacial score (nSPS) is 16.9. The maximum Gasteiger partial charge on any atom is 0.331 e. The molecule has 0 aromatic heterocycles. The molecule has 3 nitrogen and oxygen atoms in total. The summed E-state index contributed by atoms with van der Waals surface area (Å²) in [6, 6.07) is 0. The molecule has 0 spiro atoms. The van der Waals surface area contributed by atoms with Crippen LogP contribution in [0.1, 0.15) is 41.0 Å². The molecule has 0 fully saturated rings. The van der Waals surface area contributed by atoms with Crippen molar-refractivity contribution < 1.29 is 14.3 Å². The molecule has 0 unspecified atom stereocenters. The lowest BCUT2D eigenvalue weighted by atomic mass is 10.0. The van der Waals surface area contributed by atoms with Crippen LogP contribution in [0.3, 0.4) is 0 Å². The van der Waals surface area contributed by atoms with Gasteiger partial charge >= 0.3 is 5.97 Å². The third kappa shape index (κ3) is 3.90. The van der Waals surface area contributed by atoms with Gasteiger partial charge in [-0.1, -0.05) is 41.0 Å². The lowest BCUT2D eigenvalue weighted by Crippen LogP contribution is -2.48. The summed E-state index contributed by atoms with van der Waals surface area (Å²) >= 11 is 0. The minimum absolute atomic E-state index is 0.0498. The van der Waals surface area contributed by atoms with Crippen LogP contribution in [0.4, 0.5) is 0 Å². The lowest BCUT2D eigenvalue weighted by Gasteiger charge is -2.39. The smallest absolute Gasteiger partial charge is 0.331 e. The first-order valence-corrected chi connectivity index (χ1v) is 8.84. The lowest BCUT2D eigenvalue weighted by molar-refractivity contribution is -0.148.